The van der Waals surface area contributed by atoms with E-state index in [2.05, 4.69) is 5.32 Å². The Bertz CT molecular complexity index is 526. The molecule has 0 radical (unpaired) electrons. The van der Waals surface area contributed by atoms with Crippen molar-refractivity contribution in [1.82, 2.24) is 5.32 Å². The Morgan fingerprint density at radius 2 is 1.74 bits per heavy atom. The minimum Gasteiger partial charge on any atom is -0.484 e. The maximum Gasteiger partial charge on any atom is 0.258 e. The number of rotatable bonds is 5. The Hall–Kier alpha value is -2.36. The van der Waals surface area contributed by atoms with E-state index in [1.54, 1.807) is 0 Å². The van der Waals surface area contributed by atoms with Crippen LogP contribution in [-0.4, -0.2) is 12.5 Å². The SMILES string of the molecule is O=C(COc1ccc(F)cc1)NCc1ccccc1. The average Bonchev–Trinajstić information content (AvgIpc) is 2.45. The normalized spacial score (nSPS) is 9.95. The van der Waals surface area contributed by atoms with Gasteiger partial charge in [-0.25, -0.2) is 4.39 Å². The predicted octanol–water partition coefficient (Wildman–Crippen LogP) is 2.52. The van der Waals surface area contributed by atoms with Crippen LogP contribution >= 0.6 is 0 Å². The Morgan fingerprint density at radius 1 is 1.05 bits per heavy atom. The molecular weight excluding hydrogens is 245 g/mol. The van der Waals surface area contributed by atoms with Gasteiger partial charge in [-0.3, -0.25) is 4.79 Å². The average molecular weight is 259 g/mol. The van der Waals surface area contributed by atoms with Crippen LogP contribution in [0, 0.1) is 5.82 Å². The lowest BCUT2D eigenvalue weighted by Gasteiger charge is -2.07. The fourth-order valence-corrected chi connectivity index (χ4v) is 1.53. The first-order chi connectivity index (χ1) is 9.24. The molecule has 1 N–H and O–H groups in total. The largest absolute Gasteiger partial charge is 0.484 e. The molecule has 0 bridgehead atoms. The Kier molecular flexibility index (Phi) is 4.50. The molecule has 0 heterocycles. The monoisotopic (exact) mass is 259 g/mol. The number of amides is 1. The van der Waals surface area contributed by atoms with Crippen molar-refractivity contribution >= 4 is 5.91 Å². The van der Waals surface area contributed by atoms with Crippen molar-refractivity contribution < 1.29 is 13.9 Å². The number of carbonyl (C=O) groups is 1. The van der Waals surface area contributed by atoms with Gasteiger partial charge in [-0.2, -0.15) is 0 Å². The third kappa shape index (κ3) is 4.43. The molecule has 0 fully saturated rings. The highest BCUT2D eigenvalue weighted by Gasteiger charge is 2.02. The summed E-state index contributed by atoms with van der Waals surface area (Å²) in [5, 5.41) is 2.74. The molecule has 3 nitrogen and oxygen atoms in total. The van der Waals surface area contributed by atoms with Crippen LogP contribution in [0.1, 0.15) is 5.56 Å². The molecule has 0 unspecified atom stereocenters. The maximum atomic E-state index is 12.7. The van der Waals surface area contributed by atoms with Crippen molar-refractivity contribution in [1.29, 1.82) is 0 Å². The number of carbonyl (C=O) groups excluding carboxylic acids is 1. The van der Waals surface area contributed by atoms with Crippen LogP contribution in [0.4, 0.5) is 4.39 Å². The van der Waals surface area contributed by atoms with E-state index in [-0.39, 0.29) is 18.3 Å². The van der Waals surface area contributed by atoms with E-state index in [9.17, 15) is 9.18 Å². The summed E-state index contributed by atoms with van der Waals surface area (Å²) in [6, 6.07) is 15.2. The summed E-state index contributed by atoms with van der Waals surface area (Å²) < 4.78 is 17.9. The molecule has 0 saturated carbocycles. The van der Waals surface area contributed by atoms with Gasteiger partial charge in [-0.1, -0.05) is 30.3 Å². The van der Waals surface area contributed by atoms with E-state index in [0.717, 1.165) is 5.56 Å². The Balaban J connectivity index is 1.74. The third-order valence-corrected chi connectivity index (χ3v) is 2.52. The molecule has 1 amide bonds. The summed E-state index contributed by atoms with van der Waals surface area (Å²) in [6.45, 7) is 0.380. The van der Waals surface area contributed by atoms with Crippen LogP contribution in [0.25, 0.3) is 0 Å². The van der Waals surface area contributed by atoms with Gasteiger partial charge >= 0.3 is 0 Å². The lowest BCUT2D eigenvalue weighted by molar-refractivity contribution is -0.123. The lowest BCUT2D eigenvalue weighted by atomic mass is 10.2. The minimum absolute atomic E-state index is 0.0849. The van der Waals surface area contributed by atoms with Gasteiger partial charge in [-0.05, 0) is 29.8 Å². The molecule has 0 aliphatic heterocycles. The molecule has 0 atom stereocenters. The van der Waals surface area contributed by atoms with Gasteiger partial charge in [0.1, 0.15) is 11.6 Å². The first-order valence-corrected chi connectivity index (χ1v) is 5.93. The van der Waals surface area contributed by atoms with Crippen LogP contribution in [0.2, 0.25) is 0 Å². The van der Waals surface area contributed by atoms with Crippen LogP contribution in [0.5, 0.6) is 5.75 Å². The van der Waals surface area contributed by atoms with Crippen LogP contribution < -0.4 is 10.1 Å². The summed E-state index contributed by atoms with van der Waals surface area (Å²) in [4.78, 5) is 11.5. The van der Waals surface area contributed by atoms with Gasteiger partial charge in [0.05, 0.1) is 0 Å². The van der Waals surface area contributed by atoms with Gasteiger partial charge in [0.2, 0.25) is 0 Å². The first kappa shape index (κ1) is 13.1. The molecular formula is C15H14FNO2. The summed E-state index contributed by atoms with van der Waals surface area (Å²) in [5.41, 5.74) is 1.03. The molecule has 0 saturated heterocycles. The predicted molar refractivity (Wildman–Crippen MR) is 70.2 cm³/mol. The van der Waals surface area contributed by atoms with Gasteiger partial charge < -0.3 is 10.1 Å². The van der Waals surface area contributed by atoms with Gasteiger partial charge in [0.25, 0.3) is 5.91 Å². The quantitative estimate of drug-likeness (QED) is 0.896. The highest BCUT2D eigenvalue weighted by molar-refractivity contribution is 5.77. The molecule has 98 valence electrons. The number of hydrogen-bond acceptors (Lipinski definition) is 2. The second-order valence-corrected chi connectivity index (χ2v) is 4.00. The van der Waals surface area contributed by atoms with E-state index in [1.807, 2.05) is 30.3 Å². The number of benzene rings is 2. The zero-order chi connectivity index (χ0) is 13.5. The van der Waals surface area contributed by atoms with Crippen molar-refractivity contribution in [3.63, 3.8) is 0 Å². The Morgan fingerprint density at radius 3 is 2.42 bits per heavy atom. The molecule has 2 rings (SSSR count). The zero-order valence-electron chi connectivity index (χ0n) is 10.3. The van der Waals surface area contributed by atoms with Crippen LogP contribution in [-0.2, 0) is 11.3 Å². The molecule has 0 aliphatic rings. The summed E-state index contributed by atoms with van der Waals surface area (Å²) >= 11 is 0. The fraction of sp³-hybridized carbons (Fsp3) is 0.133. The van der Waals surface area contributed by atoms with Crippen molar-refractivity contribution in [2.45, 2.75) is 6.54 Å². The highest BCUT2D eigenvalue weighted by Crippen LogP contribution is 2.10. The third-order valence-electron chi connectivity index (χ3n) is 2.52. The molecule has 4 heteroatoms. The van der Waals surface area contributed by atoms with Crippen molar-refractivity contribution in [2.24, 2.45) is 0 Å². The van der Waals surface area contributed by atoms with Crippen LogP contribution in [0.3, 0.4) is 0 Å². The number of nitrogens with one attached hydrogen (secondary N) is 1. The van der Waals surface area contributed by atoms with Gasteiger partial charge in [0, 0.05) is 6.54 Å². The van der Waals surface area contributed by atoms with Crippen molar-refractivity contribution in [3.8, 4) is 5.75 Å². The van der Waals surface area contributed by atoms with E-state index in [4.69, 9.17) is 4.74 Å². The standard InChI is InChI=1S/C15H14FNO2/c16-13-6-8-14(9-7-13)19-11-15(18)17-10-12-4-2-1-3-5-12/h1-9H,10-11H2,(H,17,18). The van der Waals surface area contributed by atoms with Crippen molar-refractivity contribution in [2.75, 3.05) is 6.61 Å². The minimum atomic E-state index is -0.333. The molecule has 0 aromatic heterocycles. The number of hydrogen-bond donors (Lipinski definition) is 1. The first-order valence-electron chi connectivity index (χ1n) is 5.93. The topological polar surface area (TPSA) is 38.3 Å². The van der Waals surface area contributed by atoms with Crippen LogP contribution in [0.15, 0.2) is 54.6 Å². The highest BCUT2D eigenvalue weighted by atomic mass is 19.1. The van der Waals surface area contributed by atoms with E-state index < -0.39 is 0 Å². The summed E-state index contributed by atoms with van der Waals surface area (Å²) in [5.74, 6) is -0.0784. The number of ether oxygens (including phenoxy) is 1. The maximum absolute atomic E-state index is 12.7. The molecule has 19 heavy (non-hydrogen) atoms. The fourth-order valence-electron chi connectivity index (χ4n) is 1.53. The van der Waals surface area contributed by atoms with E-state index in [1.165, 1.54) is 24.3 Å². The Labute approximate surface area is 111 Å². The molecule has 0 aliphatic carbocycles. The second-order valence-electron chi connectivity index (χ2n) is 4.00. The second kappa shape index (κ2) is 6.54. The zero-order valence-corrected chi connectivity index (χ0v) is 10.3. The van der Waals surface area contributed by atoms with E-state index in [0.29, 0.717) is 12.3 Å². The molecule has 2 aromatic carbocycles. The van der Waals surface area contributed by atoms with E-state index >= 15 is 0 Å². The summed E-state index contributed by atoms with van der Waals surface area (Å²) in [6.07, 6.45) is 0. The smallest absolute Gasteiger partial charge is 0.258 e. The lowest BCUT2D eigenvalue weighted by Crippen LogP contribution is -2.28. The summed E-state index contributed by atoms with van der Waals surface area (Å²) in [7, 11) is 0. The van der Waals surface area contributed by atoms with Gasteiger partial charge in [-0.15, -0.1) is 0 Å². The molecule has 2 aromatic rings. The van der Waals surface area contributed by atoms with Gasteiger partial charge in [0.15, 0.2) is 6.61 Å². The number of halogens is 1. The molecule has 0 spiro atoms. The van der Waals surface area contributed by atoms with Crippen molar-refractivity contribution in [3.05, 3.63) is 66.0 Å².